The van der Waals surface area contributed by atoms with E-state index in [2.05, 4.69) is 20.9 Å². The van der Waals surface area contributed by atoms with Crippen LogP contribution in [0.25, 0.3) is 0 Å². The fourth-order valence-corrected chi connectivity index (χ4v) is 2.50. The third-order valence-electron chi connectivity index (χ3n) is 3.04. The van der Waals surface area contributed by atoms with Crippen molar-refractivity contribution in [1.82, 2.24) is 16.0 Å². The number of carbonyl (C=O) groups is 2. The van der Waals surface area contributed by atoms with E-state index in [0.717, 1.165) is 25.7 Å². The molecule has 0 atom stereocenters. The van der Waals surface area contributed by atoms with Crippen LogP contribution in [-0.2, 0) is 0 Å². The first-order valence-corrected chi connectivity index (χ1v) is 8.55. The summed E-state index contributed by atoms with van der Waals surface area (Å²) >= 11 is 1.23. The van der Waals surface area contributed by atoms with Crippen molar-refractivity contribution >= 4 is 29.0 Å². The molecule has 7 heteroatoms. The lowest BCUT2D eigenvalue weighted by atomic mass is 9.96. The average molecular weight is 314 g/mol. The molecule has 1 aliphatic carbocycles. The van der Waals surface area contributed by atoms with Gasteiger partial charge in [-0.05, 0) is 39.9 Å². The number of nitrogens with zero attached hydrogens (tertiary/aromatic N) is 1. The summed E-state index contributed by atoms with van der Waals surface area (Å²) in [6.07, 6.45) is 7.35. The maximum atomic E-state index is 11.9. The summed E-state index contributed by atoms with van der Waals surface area (Å²) < 4.78 is 0. The van der Waals surface area contributed by atoms with Gasteiger partial charge >= 0.3 is 12.1 Å². The van der Waals surface area contributed by atoms with Gasteiger partial charge in [0.2, 0.25) is 0 Å². The van der Waals surface area contributed by atoms with Crippen molar-refractivity contribution in [1.29, 1.82) is 0 Å². The summed E-state index contributed by atoms with van der Waals surface area (Å²) in [5, 5.41) is 8.59. The highest BCUT2D eigenvalue weighted by atomic mass is 32.2. The number of carbonyl (C=O) groups excluding carboxylic acids is 2. The molecule has 1 saturated carbocycles. The Labute approximate surface area is 130 Å². The van der Waals surface area contributed by atoms with E-state index in [9.17, 15) is 9.59 Å². The molecule has 0 spiro atoms. The Morgan fingerprint density at radius 3 is 2.29 bits per heavy atom. The minimum absolute atomic E-state index is 0.227. The van der Waals surface area contributed by atoms with E-state index in [-0.39, 0.29) is 17.6 Å². The Morgan fingerprint density at radius 1 is 1.14 bits per heavy atom. The Bertz CT molecular complexity index is 398. The molecule has 3 N–H and O–H groups in total. The van der Waals surface area contributed by atoms with Gasteiger partial charge in [-0.1, -0.05) is 31.0 Å². The average Bonchev–Trinajstić information content (AvgIpc) is 2.36. The Morgan fingerprint density at radius 2 is 1.76 bits per heavy atom. The predicted molar refractivity (Wildman–Crippen MR) is 87.8 cm³/mol. The van der Waals surface area contributed by atoms with Crippen LogP contribution >= 0.6 is 11.8 Å². The van der Waals surface area contributed by atoms with Gasteiger partial charge in [0.05, 0.1) is 0 Å². The number of thioether (sulfide) groups is 1. The molecule has 0 aromatic heterocycles. The standard InChI is InChI=1S/C14H26N4O2S/c1-14(2,3)18-12(20)17-13(21-4)16-11(19)15-10-8-6-5-7-9-10/h10H,5-9H2,1-4H3,(H3,15,16,17,18,19,20). The molecule has 1 aliphatic rings. The molecule has 0 aromatic carbocycles. The van der Waals surface area contributed by atoms with Crippen molar-refractivity contribution < 1.29 is 9.59 Å². The highest BCUT2D eigenvalue weighted by molar-refractivity contribution is 8.13. The van der Waals surface area contributed by atoms with Crippen LogP contribution in [0, 0.1) is 0 Å². The predicted octanol–water partition coefficient (Wildman–Crippen LogP) is 2.85. The summed E-state index contributed by atoms with van der Waals surface area (Å²) in [4.78, 5) is 27.5. The first-order chi connectivity index (χ1) is 9.80. The maximum Gasteiger partial charge on any atom is 0.343 e. The number of urea groups is 2. The third-order valence-corrected chi connectivity index (χ3v) is 3.62. The molecule has 0 saturated heterocycles. The van der Waals surface area contributed by atoms with Crippen LogP contribution in [0.15, 0.2) is 4.99 Å². The smallest absolute Gasteiger partial charge is 0.335 e. The number of hydrogen-bond donors (Lipinski definition) is 3. The van der Waals surface area contributed by atoms with Gasteiger partial charge in [-0.3, -0.25) is 5.32 Å². The fourth-order valence-electron chi connectivity index (χ4n) is 2.13. The highest BCUT2D eigenvalue weighted by Gasteiger charge is 2.17. The maximum absolute atomic E-state index is 11.9. The molecular formula is C14H26N4O2S. The van der Waals surface area contributed by atoms with E-state index in [1.54, 1.807) is 6.26 Å². The highest BCUT2D eigenvalue weighted by Crippen LogP contribution is 2.17. The van der Waals surface area contributed by atoms with E-state index in [0.29, 0.717) is 5.17 Å². The van der Waals surface area contributed by atoms with E-state index < -0.39 is 6.03 Å². The molecule has 0 aromatic rings. The molecule has 1 rings (SSSR count). The van der Waals surface area contributed by atoms with E-state index in [4.69, 9.17) is 0 Å². The van der Waals surface area contributed by atoms with Crippen LogP contribution in [0.5, 0.6) is 0 Å². The van der Waals surface area contributed by atoms with E-state index in [1.807, 2.05) is 20.8 Å². The van der Waals surface area contributed by atoms with Crippen molar-refractivity contribution in [2.75, 3.05) is 6.26 Å². The van der Waals surface area contributed by atoms with Crippen LogP contribution in [0.3, 0.4) is 0 Å². The monoisotopic (exact) mass is 314 g/mol. The zero-order chi connectivity index (χ0) is 15.9. The van der Waals surface area contributed by atoms with Crippen LogP contribution in [0.1, 0.15) is 52.9 Å². The van der Waals surface area contributed by atoms with Gasteiger partial charge in [0, 0.05) is 11.6 Å². The number of rotatable bonds is 1. The molecule has 0 heterocycles. The largest absolute Gasteiger partial charge is 0.343 e. The molecule has 120 valence electrons. The topological polar surface area (TPSA) is 82.6 Å². The molecule has 4 amide bonds. The first kappa shape index (κ1) is 17.8. The van der Waals surface area contributed by atoms with Gasteiger partial charge in [-0.2, -0.15) is 4.99 Å². The molecule has 0 aliphatic heterocycles. The number of hydrogen-bond acceptors (Lipinski definition) is 3. The SMILES string of the molecule is CSC(=NC(=O)NC(C)(C)C)NC(=O)NC1CCCCC1. The third kappa shape index (κ3) is 7.94. The van der Waals surface area contributed by atoms with Gasteiger partial charge < -0.3 is 10.6 Å². The van der Waals surface area contributed by atoms with Gasteiger partial charge in [0.25, 0.3) is 0 Å². The first-order valence-electron chi connectivity index (χ1n) is 7.32. The Hall–Kier alpha value is -1.24. The lowest BCUT2D eigenvalue weighted by molar-refractivity contribution is 0.237. The second-order valence-electron chi connectivity index (χ2n) is 6.23. The van der Waals surface area contributed by atoms with E-state index >= 15 is 0 Å². The summed E-state index contributed by atoms with van der Waals surface area (Å²) in [5.74, 6) is 0. The lowest BCUT2D eigenvalue weighted by Gasteiger charge is -2.23. The van der Waals surface area contributed by atoms with Crippen LogP contribution < -0.4 is 16.0 Å². The molecule has 0 radical (unpaired) electrons. The minimum Gasteiger partial charge on any atom is -0.335 e. The molecule has 0 bridgehead atoms. The van der Waals surface area contributed by atoms with Crippen molar-refractivity contribution in [2.45, 2.75) is 64.5 Å². The fraction of sp³-hybridized carbons (Fsp3) is 0.786. The van der Waals surface area contributed by atoms with Gasteiger partial charge in [-0.15, -0.1) is 0 Å². The number of amidine groups is 1. The van der Waals surface area contributed by atoms with Crippen molar-refractivity contribution in [3.63, 3.8) is 0 Å². The lowest BCUT2D eigenvalue weighted by Crippen LogP contribution is -2.45. The quantitative estimate of drug-likeness (QED) is 0.514. The molecule has 21 heavy (non-hydrogen) atoms. The van der Waals surface area contributed by atoms with Crippen molar-refractivity contribution in [2.24, 2.45) is 4.99 Å². The summed E-state index contributed by atoms with van der Waals surface area (Å²) in [7, 11) is 0. The van der Waals surface area contributed by atoms with Crippen LogP contribution in [-0.4, -0.2) is 35.1 Å². The van der Waals surface area contributed by atoms with Crippen molar-refractivity contribution in [3.8, 4) is 0 Å². The molecule has 1 fully saturated rings. The van der Waals surface area contributed by atoms with E-state index in [1.165, 1.54) is 18.2 Å². The normalized spacial score (nSPS) is 17.2. The van der Waals surface area contributed by atoms with Crippen LogP contribution in [0.4, 0.5) is 9.59 Å². The second-order valence-corrected chi connectivity index (χ2v) is 7.03. The van der Waals surface area contributed by atoms with Gasteiger partial charge in [0.15, 0.2) is 5.17 Å². The Balaban J connectivity index is 2.48. The molecule has 6 nitrogen and oxygen atoms in total. The van der Waals surface area contributed by atoms with Gasteiger partial charge in [-0.25, -0.2) is 9.59 Å². The van der Waals surface area contributed by atoms with Crippen molar-refractivity contribution in [3.05, 3.63) is 0 Å². The number of nitrogens with one attached hydrogen (secondary N) is 3. The summed E-state index contributed by atoms with van der Waals surface area (Å²) in [5.41, 5.74) is -0.353. The summed E-state index contributed by atoms with van der Waals surface area (Å²) in [6.45, 7) is 5.63. The number of aliphatic imine (C=N–C) groups is 1. The zero-order valence-electron chi connectivity index (χ0n) is 13.3. The van der Waals surface area contributed by atoms with Gasteiger partial charge in [0.1, 0.15) is 0 Å². The Kier molecular flexibility index (Phi) is 7.01. The molecular weight excluding hydrogens is 288 g/mol. The van der Waals surface area contributed by atoms with Crippen LogP contribution in [0.2, 0.25) is 0 Å². The summed E-state index contributed by atoms with van der Waals surface area (Å²) in [6, 6.07) is -0.520. The molecule has 0 unspecified atom stereocenters. The zero-order valence-corrected chi connectivity index (χ0v) is 14.1. The second kappa shape index (κ2) is 8.26. The minimum atomic E-state index is -0.454. The number of amides is 4.